The van der Waals surface area contributed by atoms with Crippen LogP contribution in [0.15, 0.2) is 29.2 Å². The minimum absolute atomic E-state index is 0.0620. The molecule has 1 aliphatic rings. The van der Waals surface area contributed by atoms with E-state index in [2.05, 4.69) is 0 Å². The molecule has 1 fully saturated rings. The van der Waals surface area contributed by atoms with Gasteiger partial charge in [-0.1, -0.05) is 25.0 Å². The lowest BCUT2D eigenvalue weighted by Crippen LogP contribution is -2.44. The number of nitrogens with two attached hydrogens (primary N) is 1. The molecule has 0 aromatic heterocycles. The monoisotopic (exact) mass is 282 g/mol. The SMILES string of the molecule is Cc1cccc(S(=O)(=O)N2CCCCCC2CN)c1. The summed E-state index contributed by atoms with van der Waals surface area (Å²) in [5.74, 6) is 0. The number of benzene rings is 1. The molecule has 2 rings (SSSR count). The Kier molecular flexibility index (Phi) is 4.60. The molecular formula is C14H22N2O2S. The van der Waals surface area contributed by atoms with Gasteiger partial charge in [0.15, 0.2) is 0 Å². The van der Waals surface area contributed by atoms with Gasteiger partial charge in [0.05, 0.1) is 4.90 Å². The largest absolute Gasteiger partial charge is 0.329 e. The van der Waals surface area contributed by atoms with Crippen molar-refractivity contribution in [1.29, 1.82) is 0 Å². The zero-order chi connectivity index (χ0) is 13.9. The highest BCUT2D eigenvalue weighted by molar-refractivity contribution is 7.89. The fraction of sp³-hybridized carbons (Fsp3) is 0.571. The maximum atomic E-state index is 12.7. The molecule has 0 bridgehead atoms. The van der Waals surface area contributed by atoms with Gasteiger partial charge in [-0.2, -0.15) is 4.31 Å². The van der Waals surface area contributed by atoms with Gasteiger partial charge in [0.25, 0.3) is 0 Å². The number of sulfonamides is 1. The summed E-state index contributed by atoms with van der Waals surface area (Å²) in [4.78, 5) is 0.382. The minimum Gasteiger partial charge on any atom is -0.329 e. The van der Waals surface area contributed by atoms with Gasteiger partial charge in [0.1, 0.15) is 0 Å². The first kappa shape index (κ1) is 14.5. The van der Waals surface area contributed by atoms with E-state index in [-0.39, 0.29) is 6.04 Å². The first-order valence-electron chi connectivity index (χ1n) is 6.84. The number of nitrogens with zero attached hydrogens (tertiary/aromatic N) is 1. The van der Waals surface area contributed by atoms with Crippen LogP contribution in [-0.4, -0.2) is 31.9 Å². The fourth-order valence-corrected chi connectivity index (χ4v) is 4.42. The molecule has 1 saturated heterocycles. The summed E-state index contributed by atoms with van der Waals surface area (Å²) in [6.45, 7) is 2.88. The van der Waals surface area contributed by atoms with Crippen LogP contribution in [0.2, 0.25) is 0 Å². The summed E-state index contributed by atoms with van der Waals surface area (Å²) in [6, 6.07) is 7.03. The molecule has 1 aromatic carbocycles. The molecule has 1 unspecified atom stereocenters. The molecule has 0 saturated carbocycles. The molecule has 0 amide bonds. The Hall–Kier alpha value is -0.910. The van der Waals surface area contributed by atoms with Crippen molar-refractivity contribution in [2.75, 3.05) is 13.1 Å². The molecule has 1 heterocycles. The Morgan fingerprint density at radius 2 is 2.11 bits per heavy atom. The van der Waals surface area contributed by atoms with Crippen LogP contribution in [-0.2, 0) is 10.0 Å². The smallest absolute Gasteiger partial charge is 0.243 e. The van der Waals surface area contributed by atoms with Crippen molar-refractivity contribution in [3.05, 3.63) is 29.8 Å². The van der Waals surface area contributed by atoms with Crippen molar-refractivity contribution in [1.82, 2.24) is 4.31 Å². The van der Waals surface area contributed by atoms with Crippen molar-refractivity contribution >= 4 is 10.0 Å². The first-order valence-corrected chi connectivity index (χ1v) is 8.28. The van der Waals surface area contributed by atoms with Crippen LogP contribution in [0.5, 0.6) is 0 Å². The Morgan fingerprint density at radius 1 is 1.32 bits per heavy atom. The lowest BCUT2D eigenvalue weighted by Gasteiger charge is -2.28. The van der Waals surface area contributed by atoms with Crippen LogP contribution in [0.25, 0.3) is 0 Å². The average molecular weight is 282 g/mol. The van der Waals surface area contributed by atoms with E-state index in [1.54, 1.807) is 22.5 Å². The van der Waals surface area contributed by atoms with Crippen molar-refractivity contribution in [3.63, 3.8) is 0 Å². The topological polar surface area (TPSA) is 63.4 Å². The van der Waals surface area contributed by atoms with E-state index in [1.165, 1.54) is 0 Å². The van der Waals surface area contributed by atoms with Crippen molar-refractivity contribution < 1.29 is 8.42 Å². The number of rotatable bonds is 3. The molecule has 4 nitrogen and oxygen atoms in total. The van der Waals surface area contributed by atoms with Crippen LogP contribution in [0.4, 0.5) is 0 Å². The molecule has 106 valence electrons. The van der Waals surface area contributed by atoms with Crippen molar-refractivity contribution in [3.8, 4) is 0 Å². The zero-order valence-corrected chi connectivity index (χ0v) is 12.2. The van der Waals surface area contributed by atoms with Crippen LogP contribution in [0.1, 0.15) is 31.2 Å². The summed E-state index contributed by atoms with van der Waals surface area (Å²) in [6.07, 6.45) is 3.92. The van der Waals surface area contributed by atoms with Crippen LogP contribution >= 0.6 is 0 Å². The van der Waals surface area contributed by atoms with E-state index in [1.807, 2.05) is 13.0 Å². The highest BCUT2D eigenvalue weighted by Crippen LogP contribution is 2.24. The van der Waals surface area contributed by atoms with Crippen molar-refractivity contribution in [2.24, 2.45) is 5.73 Å². The quantitative estimate of drug-likeness (QED) is 0.920. The Morgan fingerprint density at radius 3 is 2.79 bits per heavy atom. The average Bonchev–Trinajstić information content (AvgIpc) is 2.64. The third kappa shape index (κ3) is 3.16. The minimum atomic E-state index is -3.42. The summed E-state index contributed by atoms with van der Waals surface area (Å²) in [7, 11) is -3.42. The van der Waals surface area contributed by atoms with Crippen LogP contribution in [0, 0.1) is 6.92 Å². The number of hydrogen-bond donors (Lipinski definition) is 1. The Bertz CT molecular complexity index is 528. The van der Waals surface area contributed by atoms with Crippen LogP contribution in [0.3, 0.4) is 0 Å². The summed E-state index contributed by atoms with van der Waals surface area (Å²) >= 11 is 0. The second kappa shape index (κ2) is 6.03. The molecule has 19 heavy (non-hydrogen) atoms. The predicted molar refractivity (Wildman–Crippen MR) is 76.4 cm³/mol. The van der Waals surface area contributed by atoms with E-state index in [0.29, 0.717) is 18.0 Å². The van der Waals surface area contributed by atoms with Gasteiger partial charge in [-0.25, -0.2) is 8.42 Å². The van der Waals surface area contributed by atoms with Crippen molar-refractivity contribution in [2.45, 2.75) is 43.5 Å². The zero-order valence-electron chi connectivity index (χ0n) is 11.4. The normalized spacial score (nSPS) is 22.1. The number of hydrogen-bond acceptors (Lipinski definition) is 3. The standard InChI is InChI=1S/C14H22N2O2S/c1-12-6-5-8-14(10-12)19(17,18)16-9-4-2-3-7-13(16)11-15/h5-6,8,10,13H,2-4,7,9,11,15H2,1H3. The maximum absolute atomic E-state index is 12.7. The van der Waals surface area contributed by atoms with E-state index < -0.39 is 10.0 Å². The maximum Gasteiger partial charge on any atom is 0.243 e. The molecule has 2 N–H and O–H groups in total. The van der Waals surface area contributed by atoms with Gasteiger partial charge in [0.2, 0.25) is 10.0 Å². The molecule has 0 spiro atoms. The fourth-order valence-electron chi connectivity index (χ4n) is 2.61. The Labute approximate surface area is 115 Å². The molecule has 5 heteroatoms. The molecule has 0 radical (unpaired) electrons. The van der Waals surface area contributed by atoms with Gasteiger partial charge in [0, 0.05) is 19.1 Å². The molecule has 1 atom stereocenters. The molecule has 1 aromatic rings. The van der Waals surface area contributed by atoms with Gasteiger partial charge >= 0.3 is 0 Å². The summed E-state index contributed by atoms with van der Waals surface area (Å²) < 4.78 is 27.1. The first-order chi connectivity index (χ1) is 9.05. The predicted octanol–water partition coefficient (Wildman–Crippen LogP) is 1.89. The second-order valence-corrected chi connectivity index (χ2v) is 7.06. The lowest BCUT2D eigenvalue weighted by atomic mass is 10.1. The van der Waals surface area contributed by atoms with Gasteiger partial charge in [-0.3, -0.25) is 0 Å². The third-order valence-electron chi connectivity index (χ3n) is 3.69. The lowest BCUT2D eigenvalue weighted by molar-refractivity contribution is 0.328. The van der Waals surface area contributed by atoms with E-state index >= 15 is 0 Å². The highest BCUT2D eigenvalue weighted by Gasteiger charge is 2.31. The number of aryl methyl sites for hydroxylation is 1. The van der Waals surface area contributed by atoms with E-state index in [4.69, 9.17) is 5.73 Å². The summed E-state index contributed by atoms with van der Waals surface area (Å²) in [5, 5.41) is 0. The van der Waals surface area contributed by atoms with Crippen LogP contribution < -0.4 is 5.73 Å². The highest BCUT2D eigenvalue weighted by atomic mass is 32.2. The second-order valence-electron chi connectivity index (χ2n) is 5.17. The molecule has 1 aliphatic heterocycles. The summed E-state index contributed by atoms with van der Waals surface area (Å²) in [5.41, 5.74) is 6.72. The molecular weight excluding hydrogens is 260 g/mol. The Balaban J connectivity index is 2.36. The van der Waals surface area contributed by atoms with Gasteiger partial charge in [-0.05, 0) is 37.5 Å². The third-order valence-corrected chi connectivity index (χ3v) is 5.64. The van der Waals surface area contributed by atoms with E-state index in [9.17, 15) is 8.42 Å². The van der Waals surface area contributed by atoms with E-state index in [0.717, 1.165) is 31.2 Å². The molecule has 0 aliphatic carbocycles. The van der Waals surface area contributed by atoms with Gasteiger partial charge in [-0.15, -0.1) is 0 Å². The van der Waals surface area contributed by atoms with Gasteiger partial charge < -0.3 is 5.73 Å².